The average molecular weight is 248 g/mol. The van der Waals surface area contributed by atoms with Crippen LogP contribution in [0.5, 0.6) is 0 Å². The average Bonchev–Trinajstić information content (AvgIpc) is 2.95. The summed E-state index contributed by atoms with van der Waals surface area (Å²) in [5.74, 6) is 0. The minimum Gasteiger partial charge on any atom is -0.311 e. The molecular weight excluding hydrogens is 228 g/mol. The normalized spacial score (nSPS) is 11.9. The number of nitrogens with zero attached hydrogens (tertiary/aromatic N) is 5. The maximum Gasteiger partial charge on any atom is 0.0692 e. The van der Waals surface area contributed by atoms with Crippen molar-refractivity contribution in [3.8, 4) is 0 Å². The lowest BCUT2D eigenvalue weighted by Gasteiger charge is -2.18. The van der Waals surface area contributed by atoms with Gasteiger partial charge in [-0.05, 0) is 20.8 Å². The van der Waals surface area contributed by atoms with Gasteiger partial charge in [-0.2, -0.15) is 5.10 Å². The van der Waals surface area contributed by atoms with Gasteiger partial charge in [0, 0.05) is 31.0 Å². The molecule has 0 aliphatic heterocycles. The lowest BCUT2D eigenvalue weighted by atomic mass is 10.1. The predicted octanol–water partition coefficient (Wildman–Crippen LogP) is 1.02. The molecule has 0 spiro atoms. The van der Waals surface area contributed by atoms with E-state index in [-0.39, 0.29) is 5.54 Å². The van der Waals surface area contributed by atoms with Gasteiger partial charge >= 0.3 is 0 Å². The third-order valence-corrected chi connectivity index (χ3v) is 2.64. The summed E-state index contributed by atoms with van der Waals surface area (Å²) in [6.07, 6.45) is 7.54. The Morgan fingerprint density at radius 1 is 1.33 bits per heavy atom. The number of hydrogen-bond donors (Lipinski definition) is 1. The molecular formula is C12H20N6. The maximum atomic E-state index is 4.37. The first kappa shape index (κ1) is 12.8. The van der Waals surface area contributed by atoms with Gasteiger partial charge in [-0.3, -0.25) is 9.36 Å². The molecule has 2 heterocycles. The van der Waals surface area contributed by atoms with Gasteiger partial charge in [0.05, 0.1) is 24.5 Å². The lowest BCUT2D eigenvalue weighted by molar-refractivity contribution is 0.355. The summed E-state index contributed by atoms with van der Waals surface area (Å²) in [7, 11) is 0. The zero-order chi connectivity index (χ0) is 13.0. The van der Waals surface area contributed by atoms with Gasteiger partial charge in [-0.15, -0.1) is 5.10 Å². The molecule has 6 heteroatoms. The van der Waals surface area contributed by atoms with Crippen molar-refractivity contribution in [1.82, 2.24) is 30.1 Å². The van der Waals surface area contributed by atoms with Gasteiger partial charge in [0.15, 0.2) is 0 Å². The number of aromatic nitrogens is 5. The predicted molar refractivity (Wildman–Crippen MR) is 69.0 cm³/mol. The number of nitrogens with one attached hydrogen (secondary N) is 1. The molecule has 0 aliphatic carbocycles. The SMILES string of the molecule is CC(C)(C)n1cc(CNCCn2ccnn2)cn1. The highest BCUT2D eigenvalue weighted by Crippen LogP contribution is 2.12. The molecule has 0 saturated heterocycles. The van der Waals surface area contributed by atoms with E-state index in [1.807, 2.05) is 21.8 Å². The van der Waals surface area contributed by atoms with Crippen molar-refractivity contribution in [3.63, 3.8) is 0 Å². The van der Waals surface area contributed by atoms with Gasteiger partial charge in [0.25, 0.3) is 0 Å². The topological polar surface area (TPSA) is 60.6 Å². The first-order chi connectivity index (χ1) is 8.55. The Bertz CT molecular complexity index is 465. The van der Waals surface area contributed by atoms with Gasteiger partial charge < -0.3 is 5.32 Å². The summed E-state index contributed by atoms with van der Waals surface area (Å²) in [6, 6.07) is 0. The molecule has 0 aromatic carbocycles. The molecule has 2 aromatic heterocycles. The summed E-state index contributed by atoms with van der Waals surface area (Å²) >= 11 is 0. The van der Waals surface area contributed by atoms with Crippen LogP contribution >= 0.6 is 0 Å². The highest BCUT2D eigenvalue weighted by Gasteiger charge is 2.13. The molecule has 0 aliphatic rings. The van der Waals surface area contributed by atoms with Crippen LogP contribution in [0.15, 0.2) is 24.8 Å². The van der Waals surface area contributed by atoms with Gasteiger partial charge in [-0.1, -0.05) is 5.21 Å². The van der Waals surface area contributed by atoms with Crippen molar-refractivity contribution in [2.75, 3.05) is 6.54 Å². The molecule has 1 N–H and O–H groups in total. The van der Waals surface area contributed by atoms with E-state index in [1.165, 1.54) is 5.56 Å². The van der Waals surface area contributed by atoms with Crippen LogP contribution in [0.4, 0.5) is 0 Å². The molecule has 2 rings (SSSR count). The fourth-order valence-corrected chi connectivity index (χ4v) is 1.60. The van der Waals surface area contributed by atoms with Crippen LogP contribution in [-0.2, 0) is 18.6 Å². The number of hydrogen-bond acceptors (Lipinski definition) is 4. The van der Waals surface area contributed by atoms with Crippen LogP contribution in [0.3, 0.4) is 0 Å². The Hall–Kier alpha value is -1.69. The lowest BCUT2D eigenvalue weighted by Crippen LogP contribution is -2.22. The van der Waals surface area contributed by atoms with Gasteiger partial charge in [-0.25, -0.2) is 0 Å². The second kappa shape index (κ2) is 5.30. The fraction of sp³-hybridized carbons (Fsp3) is 0.583. The summed E-state index contributed by atoms with van der Waals surface area (Å²) < 4.78 is 3.80. The number of rotatable bonds is 5. The Morgan fingerprint density at radius 3 is 2.78 bits per heavy atom. The molecule has 18 heavy (non-hydrogen) atoms. The van der Waals surface area contributed by atoms with Crippen LogP contribution in [0, 0.1) is 0 Å². The first-order valence-corrected chi connectivity index (χ1v) is 6.14. The standard InChI is InChI=1S/C12H20N6/c1-12(2,3)18-10-11(9-15-18)8-13-4-6-17-7-5-14-16-17/h5,7,9-10,13H,4,6,8H2,1-3H3. The fourth-order valence-electron chi connectivity index (χ4n) is 1.60. The van der Waals surface area contributed by atoms with Crippen LogP contribution in [0.1, 0.15) is 26.3 Å². The van der Waals surface area contributed by atoms with Gasteiger partial charge in [0.1, 0.15) is 0 Å². The zero-order valence-electron chi connectivity index (χ0n) is 11.2. The second-order valence-electron chi connectivity index (χ2n) is 5.31. The molecule has 0 atom stereocenters. The molecule has 0 fully saturated rings. The largest absolute Gasteiger partial charge is 0.311 e. The highest BCUT2D eigenvalue weighted by atomic mass is 15.4. The smallest absolute Gasteiger partial charge is 0.0692 e. The summed E-state index contributed by atoms with van der Waals surface area (Å²) in [5.41, 5.74) is 1.24. The molecule has 6 nitrogen and oxygen atoms in total. The molecule has 0 saturated carbocycles. The van der Waals surface area contributed by atoms with Crippen LogP contribution < -0.4 is 5.32 Å². The van der Waals surface area contributed by atoms with Crippen molar-refractivity contribution < 1.29 is 0 Å². The summed E-state index contributed by atoms with van der Waals surface area (Å²) in [6.45, 7) is 8.94. The van der Waals surface area contributed by atoms with Crippen molar-refractivity contribution in [2.45, 2.75) is 39.4 Å². The first-order valence-electron chi connectivity index (χ1n) is 6.14. The van der Waals surface area contributed by atoms with E-state index in [0.717, 1.165) is 19.6 Å². The minimum absolute atomic E-state index is 0.0407. The maximum absolute atomic E-state index is 4.37. The summed E-state index contributed by atoms with van der Waals surface area (Å²) in [5, 5.41) is 15.4. The minimum atomic E-state index is 0.0407. The van der Waals surface area contributed by atoms with Crippen molar-refractivity contribution in [3.05, 3.63) is 30.4 Å². The Labute approximate surface area is 107 Å². The van der Waals surface area contributed by atoms with Crippen LogP contribution in [0.2, 0.25) is 0 Å². The Balaban J connectivity index is 1.75. The molecule has 2 aromatic rings. The van der Waals surface area contributed by atoms with Crippen molar-refractivity contribution in [1.29, 1.82) is 0 Å². The van der Waals surface area contributed by atoms with E-state index in [1.54, 1.807) is 6.20 Å². The highest BCUT2D eigenvalue weighted by molar-refractivity contribution is 5.04. The van der Waals surface area contributed by atoms with E-state index in [4.69, 9.17) is 0 Å². The molecule has 0 unspecified atom stereocenters. The Morgan fingerprint density at radius 2 is 2.17 bits per heavy atom. The van der Waals surface area contributed by atoms with Crippen molar-refractivity contribution in [2.24, 2.45) is 0 Å². The van der Waals surface area contributed by atoms with Crippen molar-refractivity contribution >= 4 is 0 Å². The molecule has 0 radical (unpaired) electrons. The van der Waals surface area contributed by atoms with Gasteiger partial charge in [0.2, 0.25) is 0 Å². The van der Waals surface area contributed by atoms with E-state index < -0.39 is 0 Å². The van der Waals surface area contributed by atoms with Crippen LogP contribution in [0.25, 0.3) is 0 Å². The van der Waals surface area contributed by atoms with E-state index in [0.29, 0.717) is 0 Å². The molecule has 98 valence electrons. The molecule has 0 bridgehead atoms. The third kappa shape index (κ3) is 3.40. The van der Waals surface area contributed by atoms with E-state index in [9.17, 15) is 0 Å². The quantitative estimate of drug-likeness (QED) is 0.803. The second-order valence-corrected chi connectivity index (χ2v) is 5.31. The van der Waals surface area contributed by atoms with E-state index >= 15 is 0 Å². The molecule has 0 amide bonds. The Kier molecular flexibility index (Phi) is 3.76. The van der Waals surface area contributed by atoms with Crippen LogP contribution in [-0.4, -0.2) is 31.3 Å². The monoisotopic (exact) mass is 248 g/mol. The third-order valence-electron chi connectivity index (χ3n) is 2.64. The van der Waals surface area contributed by atoms with E-state index in [2.05, 4.69) is 47.7 Å². The zero-order valence-corrected chi connectivity index (χ0v) is 11.2. The summed E-state index contributed by atoms with van der Waals surface area (Å²) in [4.78, 5) is 0.